The first-order chi connectivity index (χ1) is 25.6. The van der Waals surface area contributed by atoms with E-state index in [9.17, 15) is 34.1 Å². The van der Waals surface area contributed by atoms with Crippen LogP contribution in [0.5, 0.6) is 0 Å². The van der Waals surface area contributed by atoms with Crippen molar-refractivity contribution >= 4 is 57.9 Å². The number of likely N-dealkylation sites (tertiary alicyclic amines) is 1. The number of carbonyl (C=O) groups excluding carboxylic acids is 2. The predicted octanol–water partition coefficient (Wildman–Crippen LogP) is 4.28. The Bertz CT molecular complexity index is 1830. The minimum absolute atomic E-state index is 0.0526. The quantitative estimate of drug-likeness (QED) is 0.114. The molecule has 54 heavy (non-hydrogen) atoms. The standard InChI is InChI=1S/C31H36ClN5O4.C6H8O7/c1-34(30(38)29-20-27(37(40)41)19-23-5-2-3-6-28(23)29)21-24(22-7-9-25(32)10-8-22)11-16-35-17-12-26(13-18-35)36-15-4-14-33-31(36)39;7-3(8)1-6(13,5(11)12)2-4(9)10/h2-3,5-10,19-20,24,26H,4,11-18,21H2,1H3,(H,33,39);13H,1-2H2,(H,7,8)(H,9,10)(H,11,12). The van der Waals surface area contributed by atoms with Gasteiger partial charge in [0.15, 0.2) is 5.60 Å². The smallest absolute Gasteiger partial charge is 0.336 e. The number of halogens is 1. The molecule has 1 atom stereocenters. The van der Waals surface area contributed by atoms with Crippen molar-refractivity contribution < 1.29 is 49.3 Å². The summed E-state index contributed by atoms with van der Waals surface area (Å²) in [7, 11) is 1.76. The van der Waals surface area contributed by atoms with Gasteiger partial charge in [0.2, 0.25) is 0 Å². The van der Waals surface area contributed by atoms with Gasteiger partial charge in [-0.2, -0.15) is 0 Å². The number of nitrogens with one attached hydrogen (secondary N) is 1. The van der Waals surface area contributed by atoms with Gasteiger partial charge in [-0.1, -0.05) is 48.0 Å². The number of nitro benzene ring substituents is 1. The highest BCUT2D eigenvalue weighted by atomic mass is 35.5. The number of carboxylic acids is 3. The second-order valence-electron chi connectivity index (χ2n) is 13.5. The minimum atomic E-state index is -2.74. The van der Waals surface area contributed by atoms with Crippen LogP contribution in [0.25, 0.3) is 10.8 Å². The van der Waals surface area contributed by atoms with E-state index < -0.39 is 41.3 Å². The van der Waals surface area contributed by atoms with Crippen LogP contribution in [0.1, 0.15) is 60.4 Å². The van der Waals surface area contributed by atoms with E-state index in [-0.39, 0.29) is 29.6 Å². The molecule has 5 rings (SSSR count). The van der Waals surface area contributed by atoms with Crippen LogP contribution in [0.15, 0.2) is 60.7 Å². The normalized spacial score (nSPS) is 15.8. The Kier molecular flexibility index (Phi) is 14.3. The number of rotatable bonds is 14. The minimum Gasteiger partial charge on any atom is -0.481 e. The summed E-state index contributed by atoms with van der Waals surface area (Å²) >= 11 is 6.18. The molecule has 0 spiro atoms. The monoisotopic (exact) mass is 769 g/mol. The number of piperidine rings is 1. The highest BCUT2D eigenvalue weighted by Crippen LogP contribution is 2.29. The fraction of sp³-hybridized carbons (Fsp3) is 0.432. The number of carbonyl (C=O) groups is 5. The molecule has 2 saturated heterocycles. The maximum absolute atomic E-state index is 13.7. The van der Waals surface area contributed by atoms with Gasteiger partial charge >= 0.3 is 23.9 Å². The van der Waals surface area contributed by atoms with Crippen molar-refractivity contribution in [2.45, 2.75) is 56.1 Å². The number of carboxylic acid groups (broad SMARTS) is 3. The summed E-state index contributed by atoms with van der Waals surface area (Å²) in [5, 5.41) is 50.4. The molecule has 2 fully saturated rings. The molecule has 2 aliphatic heterocycles. The molecule has 17 heteroatoms. The lowest BCUT2D eigenvalue weighted by atomic mass is 9.93. The molecule has 1 unspecified atom stereocenters. The van der Waals surface area contributed by atoms with E-state index >= 15 is 0 Å². The van der Waals surface area contributed by atoms with Gasteiger partial charge in [-0.15, -0.1) is 0 Å². The van der Waals surface area contributed by atoms with Gasteiger partial charge < -0.3 is 40.4 Å². The number of amides is 3. The Morgan fingerprint density at radius 1 is 1.00 bits per heavy atom. The topological polar surface area (TPSA) is 231 Å². The summed E-state index contributed by atoms with van der Waals surface area (Å²) in [4.78, 5) is 73.7. The molecule has 5 N–H and O–H groups in total. The summed E-state index contributed by atoms with van der Waals surface area (Å²) in [6.45, 7) is 4.77. The van der Waals surface area contributed by atoms with Crippen molar-refractivity contribution in [3.63, 3.8) is 0 Å². The summed E-state index contributed by atoms with van der Waals surface area (Å²) in [6.07, 6.45) is 1.45. The zero-order chi connectivity index (χ0) is 39.6. The van der Waals surface area contributed by atoms with E-state index in [1.165, 1.54) is 12.1 Å². The average molecular weight is 770 g/mol. The molecule has 2 aliphatic rings. The third-order valence-corrected chi connectivity index (χ3v) is 9.91. The highest BCUT2D eigenvalue weighted by molar-refractivity contribution is 6.30. The molecule has 0 aliphatic carbocycles. The van der Waals surface area contributed by atoms with E-state index in [1.54, 1.807) is 18.0 Å². The number of hydrogen-bond donors (Lipinski definition) is 5. The number of fused-ring (bicyclic) bond motifs is 1. The van der Waals surface area contributed by atoms with Gasteiger partial charge in [0.1, 0.15) is 0 Å². The number of aliphatic hydroxyl groups is 1. The van der Waals surface area contributed by atoms with E-state index in [0.29, 0.717) is 27.9 Å². The number of aliphatic carboxylic acids is 3. The van der Waals surface area contributed by atoms with Crippen LogP contribution in [-0.4, -0.2) is 128 Å². The summed E-state index contributed by atoms with van der Waals surface area (Å²) < 4.78 is 0. The average Bonchev–Trinajstić information content (AvgIpc) is 3.13. The van der Waals surface area contributed by atoms with E-state index in [1.807, 2.05) is 47.4 Å². The molecule has 2 heterocycles. The number of non-ortho nitro benzene ring substituents is 1. The van der Waals surface area contributed by atoms with Crippen molar-refractivity contribution in [1.29, 1.82) is 0 Å². The first-order valence-corrected chi connectivity index (χ1v) is 17.8. The lowest BCUT2D eigenvalue weighted by molar-refractivity contribution is -0.384. The molecule has 3 aromatic carbocycles. The number of urea groups is 1. The molecule has 290 valence electrons. The lowest BCUT2D eigenvalue weighted by Gasteiger charge is -2.40. The molecule has 0 radical (unpaired) electrons. The van der Waals surface area contributed by atoms with Crippen molar-refractivity contribution in [2.75, 3.05) is 46.3 Å². The number of nitrogens with zero attached hydrogens (tertiary/aromatic N) is 4. The molecule has 16 nitrogen and oxygen atoms in total. The second kappa shape index (κ2) is 18.6. The zero-order valence-electron chi connectivity index (χ0n) is 29.7. The molecule has 3 aromatic rings. The molecule has 0 bridgehead atoms. The molecule has 0 aromatic heterocycles. The third kappa shape index (κ3) is 11.1. The number of likely N-dealkylation sites (N-methyl/N-ethyl adjacent to an activating group) is 1. The van der Waals surface area contributed by atoms with Crippen LogP contribution in [-0.2, 0) is 14.4 Å². The van der Waals surface area contributed by atoms with Gasteiger partial charge in [0.25, 0.3) is 11.6 Å². The Labute approximate surface area is 316 Å². The van der Waals surface area contributed by atoms with E-state index in [2.05, 4.69) is 10.2 Å². The highest BCUT2D eigenvalue weighted by Gasteiger charge is 2.41. The number of benzene rings is 3. The number of hydrogen-bond acceptors (Lipinski definition) is 9. The van der Waals surface area contributed by atoms with Crippen LogP contribution in [0, 0.1) is 10.1 Å². The first kappa shape index (κ1) is 41.4. The Morgan fingerprint density at radius 2 is 1.63 bits per heavy atom. The number of nitro groups is 1. The Hall–Kier alpha value is -5.32. The SMILES string of the molecule is CN(CC(CCN1CCC(N2CCCNC2=O)CC1)c1ccc(Cl)cc1)C(=O)c1cc([N+](=O)[O-])cc2ccccc12.O=C(O)CC(O)(CC(=O)O)C(=O)O. The summed E-state index contributed by atoms with van der Waals surface area (Å²) in [5.41, 5.74) is -1.41. The van der Waals surface area contributed by atoms with Crippen molar-refractivity contribution in [3.8, 4) is 0 Å². The van der Waals surface area contributed by atoms with Gasteiger partial charge in [0.05, 0.1) is 23.3 Å². The van der Waals surface area contributed by atoms with Crippen molar-refractivity contribution in [1.82, 2.24) is 20.0 Å². The second-order valence-corrected chi connectivity index (χ2v) is 14.0. The van der Waals surface area contributed by atoms with Gasteiger partial charge in [-0.25, -0.2) is 9.59 Å². The van der Waals surface area contributed by atoms with E-state index in [0.717, 1.165) is 64.0 Å². The molecule has 3 amide bonds. The van der Waals surface area contributed by atoms with Crippen LogP contribution in [0.3, 0.4) is 0 Å². The van der Waals surface area contributed by atoms with Crippen LogP contribution < -0.4 is 5.32 Å². The lowest BCUT2D eigenvalue weighted by Crippen LogP contribution is -2.54. The maximum Gasteiger partial charge on any atom is 0.336 e. The zero-order valence-corrected chi connectivity index (χ0v) is 30.5. The largest absolute Gasteiger partial charge is 0.481 e. The fourth-order valence-electron chi connectivity index (χ4n) is 6.80. The third-order valence-electron chi connectivity index (χ3n) is 9.66. The van der Waals surface area contributed by atoms with Gasteiger partial charge in [0, 0.05) is 68.9 Å². The van der Waals surface area contributed by atoms with Crippen LogP contribution >= 0.6 is 11.6 Å². The van der Waals surface area contributed by atoms with Crippen molar-refractivity contribution in [2.24, 2.45) is 0 Å². The Morgan fingerprint density at radius 3 is 2.20 bits per heavy atom. The Balaban J connectivity index is 0.000000428. The van der Waals surface area contributed by atoms with Gasteiger partial charge in [-0.05, 0) is 60.7 Å². The molecular formula is C37H44ClN5O11. The molecule has 0 saturated carbocycles. The summed E-state index contributed by atoms with van der Waals surface area (Å²) in [5.74, 6) is -5.21. The summed E-state index contributed by atoms with van der Waals surface area (Å²) in [6, 6.07) is 18.2. The van der Waals surface area contributed by atoms with Crippen LogP contribution in [0.2, 0.25) is 5.02 Å². The van der Waals surface area contributed by atoms with Crippen LogP contribution in [0.4, 0.5) is 10.5 Å². The first-order valence-electron chi connectivity index (χ1n) is 17.4. The molecular weight excluding hydrogens is 726 g/mol. The maximum atomic E-state index is 13.7. The predicted molar refractivity (Wildman–Crippen MR) is 198 cm³/mol. The van der Waals surface area contributed by atoms with Gasteiger partial charge in [-0.3, -0.25) is 24.5 Å². The van der Waals surface area contributed by atoms with E-state index in [4.69, 9.17) is 32.0 Å². The van der Waals surface area contributed by atoms with Crippen molar-refractivity contribution in [3.05, 3.63) is 86.9 Å². The fourth-order valence-corrected chi connectivity index (χ4v) is 6.92.